The van der Waals surface area contributed by atoms with Gasteiger partial charge in [0.25, 0.3) is 0 Å². The van der Waals surface area contributed by atoms with Gasteiger partial charge in [-0.05, 0) is 47.5 Å². The van der Waals surface area contributed by atoms with Crippen LogP contribution in [0, 0.1) is 5.82 Å². The first-order valence-electron chi connectivity index (χ1n) is 8.56. The van der Waals surface area contributed by atoms with Crippen molar-refractivity contribution in [2.45, 2.75) is 4.90 Å². The van der Waals surface area contributed by atoms with Crippen molar-refractivity contribution in [1.82, 2.24) is 9.97 Å². The second kappa shape index (κ2) is 7.44. The smallest absolute Gasteiger partial charge is 0.238 e. The Hall–Kier alpha value is -3.00. The number of aromatic amines is 1. The van der Waals surface area contributed by atoms with Gasteiger partial charge in [0.15, 0.2) is 0 Å². The summed E-state index contributed by atoms with van der Waals surface area (Å²) >= 11 is 5.80. The Labute approximate surface area is 171 Å². The lowest BCUT2D eigenvalue weighted by atomic mass is 10.1. The van der Waals surface area contributed by atoms with E-state index >= 15 is 0 Å². The van der Waals surface area contributed by atoms with Gasteiger partial charge >= 0.3 is 0 Å². The summed E-state index contributed by atoms with van der Waals surface area (Å²) in [6.45, 7) is 0. The first-order valence-corrected chi connectivity index (χ1v) is 10.5. The highest BCUT2D eigenvalue weighted by Crippen LogP contribution is 2.29. The number of rotatable bonds is 4. The number of nitrogens with two attached hydrogens (primary N) is 1. The van der Waals surface area contributed by atoms with Gasteiger partial charge in [-0.2, -0.15) is 0 Å². The zero-order valence-corrected chi connectivity index (χ0v) is 16.5. The number of nitrogens with one attached hydrogen (secondary N) is 1. The maximum Gasteiger partial charge on any atom is 0.238 e. The normalized spacial score (nSPS) is 12.1. The van der Waals surface area contributed by atoms with Gasteiger partial charge in [0.1, 0.15) is 11.6 Å². The number of H-pyrrole nitrogens is 1. The number of hydrogen-bond donors (Lipinski definition) is 2. The Morgan fingerprint density at radius 3 is 2.59 bits per heavy atom. The number of nitrogens with zero attached hydrogens (tertiary/aromatic N) is 1. The number of primary sulfonamides is 1. The van der Waals surface area contributed by atoms with Crippen molar-refractivity contribution >= 4 is 44.8 Å². The molecule has 1 aromatic heterocycles. The van der Waals surface area contributed by atoms with Crippen molar-refractivity contribution in [3.05, 3.63) is 82.9 Å². The Balaban J connectivity index is 1.70. The molecule has 0 radical (unpaired) electrons. The van der Waals surface area contributed by atoms with Gasteiger partial charge in [0.2, 0.25) is 10.0 Å². The third-order valence-electron chi connectivity index (χ3n) is 4.38. The maximum atomic E-state index is 13.3. The van der Waals surface area contributed by atoms with Crippen molar-refractivity contribution in [3.8, 4) is 11.1 Å². The van der Waals surface area contributed by atoms with E-state index < -0.39 is 15.8 Å². The molecule has 0 aliphatic carbocycles. The molecule has 146 valence electrons. The average molecular weight is 428 g/mol. The lowest BCUT2D eigenvalue weighted by Crippen LogP contribution is -2.13. The topological polar surface area (TPSA) is 88.8 Å². The Kier molecular flexibility index (Phi) is 4.96. The van der Waals surface area contributed by atoms with Crippen molar-refractivity contribution in [2.75, 3.05) is 0 Å². The molecule has 0 atom stereocenters. The molecule has 8 heteroatoms. The van der Waals surface area contributed by atoms with Gasteiger partial charge in [0.05, 0.1) is 21.0 Å². The third kappa shape index (κ3) is 4.07. The van der Waals surface area contributed by atoms with Crippen molar-refractivity contribution in [1.29, 1.82) is 0 Å². The lowest BCUT2D eigenvalue weighted by molar-refractivity contribution is 0.598. The van der Waals surface area contributed by atoms with Gasteiger partial charge in [-0.1, -0.05) is 48.0 Å². The second-order valence-electron chi connectivity index (χ2n) is 6.40. The van der Waals surface area contributed by atoms with Gasteiger partial charge < -0.3 is 4.98 Å². The van der Waals surface area contributed by atoms with E-state index in [1.807, 2.05) is 6.07 Å². The van der Waals surface area contributed by atoms with E-state index in [0.717, 1.165) is 11.1 Å². The van der Waals surface area contributed by atoms with Gasteiger partial charge in [0, 0.05) is 5.56 Å². The fraction of sp³-hybridized carbons (Fsp3) is 0. The van der Waals surface area contributed by atoms with E-state index in [1.54, 1.807) is 48.6 Å². The molecule has 29 heavy (non-hydrogen) atoms. The number of imidazole rings is 1. The summed E-state index contributed by atoms with van der Waals surface area (Å²) in [6, 6.07) is 16.4. The van der Waals surface area contributed by atoms with Gasteiger partial charge in [-0.3, -0.25) is 0 Å². The molecule has 1 heterocycles. The fourth-order valence-corrected chi connectivity index (χ4v) is 3.97. The first-order chi connectivity index (χ1) is 13.8. The number of fused-ring (bicyclic) bond motifs is 1. The highest BCUT2D eigenvalue weighted by Gasteiger charge is 2.15. The molecule has 0 fully saturated rings. The van der Waals surface area contributed by atoms with Crippen molar-refractivity contribution in [2.24, 2.45) is 5.14 Å². The summed E-state index contributed by atoms with van der Waals surface area (Å²) in [5, 5.41) is 5.39. The van der Waals surface area contributed by atoms with Crippen LogP contribution in [-0.4, -0.2) is 18.4 Å². The number of benzene rings is 3. The van der Waals surface area contributed by atoms with Crippen LogP contribution in [-0.2, 0) is 10.0 Å². The predicted molar refractivity (Wildman–Crippen MR) is 113 cm³/mol. The molecule has 3 aromatic carbocycles. The standard InChI is InChI=1S/C21H15ClFN3O2S/c22-16-11-13(5-8-17(16)23)6-10-21-25-18-9-7-14(12-19(18)26-21)15-3-1-2-4-20(15)29(24,27)28/h1-12H,(H,25,26)(H2,24,27,28)/b10-6+. The van der Waals surface area contributed by atoms with Crippen LogP contribution < -0.4 is 5.14 Å². The summed E-state index contributed by atoms with van der Waals surface area (Å²) < 4.78 is 37.0. The van der Waals surface area contributed by atoms with Crippen LogP contribution in [0.2, 0.25) is 5.02 Å². The minimum atomic E-state index is -3.85. The maximum absolute atomic E-state index is 13.3. The highest BCUT2D eigenvalue weighted by atomic mass is 35.5. The SMILES string of the molecule is NS(=O)(=O)c1ccccc1-c1ccc2[nH]c(/C=C/c3ccc(F)c(Cl)c3)nc2c1. The molecule has 4 rings (SSSR count). The minimum Gasteiger partial charge on any atom is -0.338 e. The van der Waals surface area contributed by atoms with E-state index in [4.69, 9.17) is 16.7 Å². The summed E-state index contributed by atoms with van der Waals surface area (Å²) in [4.78, 5) is 7.74. The fourth-order valence-electron chi connectivity index (χ4n) is 3.02. The molecule has 5 nitrogen and oxygen atoms in total. The first kappa shape index (κ1) is 19.3. The summed E-state index contributed by atoms with van der Waals surface area (Å²) in [7, 11) is -3.85. The van der Waals surface area contributed by atoms with Crippen LogP contribution in [0.3, 0.4) is 0 Å². The third-order valence-corrected chi connectivity index (χ3v) is 5.64. The predicted octanol–water partition coefficient (Wildman–Crippen LogP) is 4.84. The zero-order chi connectivity index (χ0) is 20.6. The molecule has 0 aliphatic rings. The van der Waals surface area contributed by atoms with Crippen LogP contribution in [0.4, 0.5) is 4.39 Å². The summed E-state index contributed by atoms with van der Waals surface area (Å²) in [5.41, 5.74) is 3.40. The molecule has 0 saturated heterocycles. The Morgan fingerprint density at radius 1 is 1.03 bits per heavy atom. The number of hydrogen-bond acceptors (Lipinski definition) is 3. The van der Waals surface area contributed by atoms with Gasteiger partial charge in [-0.15, -0.1) is 0 Å². The van der Waals surface area contributed by atoms with Crippen LogP contribution in [0.15, 0.2) is 65.6 Å². The molecule has 0 bridgehead atoms. The second-order valence-corrected chi connectivity index (χ2v) is 8.34. The molecule has 4 aromatic rings. The van der Waals surface area contributed by atoms with Gasteiger partial charge in [-0.25, -0.2) is 22.9 Å². The molecule has 0 unspecified atom stereocenters. The molecular weight excluding hydrogens is 413 g/mol. The molecular formula is C21H15ClFN3O2S. The van der Waals surface area contributed by atoms with E-state index in [0.29, 0.717) is 22.5 Å². The molecule has 0 aliphatic heterocycles. The summed E-state index contributed by atoms with van der Waals surface area (Å²) in [6.07, 6.45) is 3.52. The van der Waals surface area contributed by atoms with Crippen molar-refractivity contribution < 1.29 is 12.8 Å². The summed E-state index contributed by atoms with van der Waals surface area (Å²) in [5.74, 6) is 0.122. The van der Waals surface area contributed by atoms with Crippen molar-refractivity contribution in [3.63, 3.8) is 0 Å². The molecule has 3 N–H and O–H groups in total. The average Bonchev–Trinajstić information content (AvgIpc) is 3.10. The highest BCUT2D eigenvalue weighted by molar-refractivity contribution is 7.89. The zero-order valence-electron chi connectivity index (χ0n) is 14.9. The van der Waals surface area contributed by atoms with E-state index in [9.17, 15) is 12.8 Å². The quantitative estimate of drug-likeness (QED) is 0.488. The molecule has 0 amide bonds. The number of aromatic nitrogens is 2. The Bertz CT molecular complexity index is 1360. The largest absolute Gasteiger partial charge is 0.338 e. The minimum absolute atomic E-state index is 0.0509. The van der Waals surface area contributed by atoms with Crippen LogP contribution in [0.5, 0.6) is 0 Å². The number of sulfonamides is 1. The molecule has 0 saturated carbocycles. The van der Waals surface area contributed by atoms with E-state index in [1.165, 1.54) is 18.2 Å². The van der Waals surface area contributed by atoms with E-state index in [-0.39, 0.29) is 9.92 Å². The van der Waals surface area contributed by atoms with Crippen LogP contribution in [0.1, 0.15) is 11.4 Å². The van der Waals surface area contributed by atoms with E-state index in [2.05, 4.69) is 9.97 Å². The van der Waals surface area contributed by atoms with Crippen LogP contribution >= 0.6 is 11.6 Å². The lowest BCUT2D eigenvalue weighted by Gasteiger charge is -2.07. The van der Waals surface area contributed by atoms with Crippen LogP contribution in [0.25, 0.3) is 34.3 Å². The molecule has 0 spiro atoms. The number of halogens is 2. The Morgan fingerprint density at radius 2 is 1.83 bits per heavy atom. The monoisotopic (exact) mass is 427 g/mol.